The molecule has 1 heterocycles. The van der Waals surface area contributed by atoms with Crippen molar-refractivity contribution in [2.75, 3.05) is 0 Å². The fraction of sp³-hybridized carbons (Fsp3) is 0.250. The standard InChI is InChI=1S/C24H23NO3/c1-24(2,3)28-23(26)20-21(27-22(25-20)17-11-5-4-6-12-17)19-15-9-13-16-10-7-8-14-18(16)19/h4-15,20-21H,1-3H3/t20-,21-/m1/s1. The zero-order valence-corrected chi connectivity index (χ0v) is 16.3. The molecule has 0 bridgehead atoms. The van der Waals surface area contributed by atoms with Crippen molar-refractivity contribution in [2.24, 2.45) is 4.99 Å². The highest BCUT2D eigenvalue weighted by atomic mass is 16.6. The van der Waals surface area contributed by atoms with E-state index in [0.717, 1.165) is 21.9 Å². The van der Waals surface area contributed by atoms with Gasteiger partial charge in [0.2, 0.25) is 5.90 Å². The fourth-order valence-corrected chi connectivity index (χ4v) is 3.40. The predicted molar refractivity (Wildman–Crippen MR) is 110 cm³/mol. The van der Waals surface area contributed by atoms with Crippen LogP contribution in [-0.4, -0.2) is 23.5 Å². The predicted octanol–water partition coefficient (Wildman–Crippen LogP) is 5.07. The first-order valence-corrected chi connectivity index (χ1v) is 9.43. The Hall–Kier alpha value is -3.14. The molecule has 142 valence electrons. The number of carbonyl (C=O) groups excluding carboxylic acids is 1. The molecule has 4 nitrogen and oxygen atoms in total. The molecule has 0 spiro atoms. The zero-order chi connectivity index (χ0) is 19.7. The van der Waals surface area contributed by atoms with Gasteiger partial charge in [-0.15, -0.1) is 0 Å². The molecule has 28 heavy (non-hydrogen) atoms. The van der Waals surface area contributed by atoms with Crippen LogP contribution >= 0.6 is 0 Å². The van der Waals surface area contributed by atoms with Crippen LogP contribution in [0.3, 0.4) is 0 Å². The third-order valence-electron chi connectivity index (χ3n) is 4.58. The molecule has 2 atom stereocenters. The summed E-state index contributed by atoms with van der Waals surface area (Å²) in [6, 6.07) is 23.0. The molecule has 4 rings (SSSR count). The number of carbonyl (C=O) groups is 1. The van der Waals surface area contributed by atoms with Gasteiger partial charge in [-0.25, -0.2) is 9.79 Å². The SMILES string of the molecule is CC(C)(C)OC(=O)[C@@H]1N=C(c2ccccc2)O[C@@H]1c1cccc2ccccc12. The number of rotatable bonds is 3. The van der Waals surface area contributed by atoms with Gasteiger partial charge < -0.3 is 9.47 Å². The Morgan fingerprint density at radius 3 is 2.36 bits per heavy atom. The molecule has 0 amide bonds. The minimum Gasteiger partial charge on any atom is -0.466 e. The van der Waals surface area contributed by atoms with Crippen molar-refractivity contribution in [3.63, 3.8) is 0 Å². The number of benzene rings is 3. The first-order chi connectivity index (χ1) is 13.4. The number of aliphatic imine (C=N–C) groups is 1. The van der Waals surface area contributed by atoms with Crippen LogP contribution in [0.1, 0.15) is 38.0 Å². The highest BCUT2D eigenvalue weighted by Crippen LogP contribution is 2.36. The van der Waals surface area contributed by atoms with Crippen molar-refractivity contribution < 1.29 is 14.3 Å². The smallest absolute Gasteiger partial charge is 0.335 e. The van der Waals surface area contributed by atoms with E-state index in [2.05, 4.69) is 17.1 Å². The van der Waals surface area contributed by atoms with E-state index in [9.17, 15) is 4.79 Å². The van der Waals surface area contributed by atoms with Gasteiger partial charge in [-0.3, -0.25) is 0 Å². The molecule has 0 aliphatic carbocycles. The Morgan fingerprint density at radius 2 is 1.61 bits per heavy atom. The average molecular weight is 373 g/mol. The molecule has 1 aliphatic rings. The van der Waals surface area contributed by atoms with E-state index in [0.29, 0.717) is 5.90 Å². The summed E-state index contributed by atoms with van der Waals surface area (Å²) in [5.41, 5.74) is 1.19. The second-order valence-corrected chi connectivity index (χ2v) is 7.89. The van der Waals surface area contributed by atoms with Gasteiger partial charge in [0, 0.05) is 11.1 Å². The summed E-state index contributed by atoms with van der Waals surface area (Å²) in [5.74, 6) is 0.0887. The second-order valence-electron chi connectivity index (χ2n) is 7.89. The number of hydrogen-bond donors (Lipinski definition) is 0. The number of fused-ring (bicyclic) bond motifs is 1. The monoisotopic (exact) mass is 373 g/mol. The number of hydrogen-bond acceptors (Lipinski definition) is 4. The van der Waals surface area contributed by atoms with E-state index >= 15 is 0 Å². The van der Waals surface area contributed by atoms with E-state index in [1.54, 1.807) is 0 Å². The highest BCUT2D eigenvalue weighted by molar-refractivity contribution is 5.99. The van der Waals surface area contributed by atoms with Crippen LogP contribution in [0, 0.1) is 0 Å². The number of ether oxygens (including phenoxy) is 2. The van der Waals surface area contributed by atoms with Crippen molar-refractivity contribution in [1.29, 1.82) is 0 Å². The normalized spacial score (nSPS) is 19.2. The topological polar surface area (TPSA) is 47.9 Å². The van der Waals surface area contributed by atoms with Gasteiger partial charge in [0.25, 0.3) is 0 Å². The Labute approximate surface area is 164 Å². The quantitative estimate of drug-likeness (QED) is 0.602. The molecule has 4 heteroatoms. The van der Waals surface area contributed by atoms with Crippen molar-refractivity contribution in [2.45, 2.75) is 38.5 Å². The molecule has 3 aromatic carbocycles. The zero-order valence-electron chi connectivity index (χ0n) is 16.3. The first-order valence-electron chi connectivity index (χ1n) is 9.43. The van der Waals surface area contributed by atoms with E-state index in [-0.39, 0.29) is 5.97 Å². The number of esters is 1. The maximum atomic E-state index is 12.9. The Morgan fingerprint density at radius 1 is 0.929 bits per heavy atom. The Kier molecular flexibility index (Phi) is 4.63. The summed E-state index contributed by atoms with van der Waals surface area (Å²) in [4.78, 5) is 17.6. The van der Waals surface area contributed by atoms with Crippen molar-refractivity contribution in [3.05, 3.63) is 83.9 Å². The maximum absolute atomic E-state index is 12.9. The molecule has 0 unspecified atom stereocenters. The lowest BCUT2D eigenvalue weighted by atomic mass is 9.96. The molecule has 0 N–H and O–H groups in total. The second kappa shape index (κ2) is 7.12. The minimum absolute atomic E-state index is 0.378. The molecule has 0 fully saturated rings. The summed E-state index contributed by atoms with van der Waals surface area (Å²) in [6.45, 7) is 5.57. The van der Waals surface area contributed by atoms with Gasteiger partial charge in [0.15, 0.2) is 12.1 Å². The van der Waals surface area contributed by atoms with Gasteiger partial charge in [0.1, 0.15) is 5.60 Å². The Balaban J connectivity index is 1.77. The van der Waals surface area contributed by atoms with Gasteiger partial charge >= 0.3 is 5.97 Å². The third kappa shape index (κ3) is 3.63. The molecule has 0 saturated heterocycles. The van der Waals surface area contributed by atoms with Gasteiger partial charge in [-0.1, -0.05) is 60.7 Å². The lowest BCUT2D eigenvalue weighted by Gasteiger charge is -2.24. The van der Waals surface area contributed by atoms with Crippen molar-refractivity contribution in [3.8, 4) is 0 Å². The van der Waals surface area contributed by atoms with Gasteiger partial charge in [-0.05, 0) is 43.7 Å². The molecular weight excluding hydrogens is 350 g/mol. The molecule has 3 aromatic rings. The molecule has 0 saturated carbocycles. The highest BCUT2D eigenvalue weighted by Gasteiger charge is 2.41. The largest absolute Gasteiger partial charge is 0.466 e. The first kappa shape index (κ1) is 18.2. The average Bonchev–Trinajstić information content (AvgIpc) is 3.12. The summed E-state index contributed by atoms with van der Waals surface area (Å²) in [6.07, 6.45) is -0.531. The molecule has 0 aromatic heterocycles. The third-order valence-corrected chi connectivity index (χ3v) is 4.58. The maximum Gasteiger partial charge on any atom is 0.335 e. The van der Waals surface area contributed by atoms with Crippen LogP contribution in [-0.2, 0) is 14.3 Å². The summed E-state index contributed by atoms with van der Waals surface area (Å²) < 4.78 is 11.9. The summed E-state index contributed by atoms with van der Waals surface area (Å²) in [7, 11) is 0. The van der Waals surface area contributed by atoms with E-state index < -0.39 is 17.7 Å². The van der Waals surface area contributed by atoms with Crippen LogP contribution < -0.4 is 0 Å². The Bertz CT molecular complexity index is 1030. The molecular formula is C24H23NO3. The minimum atomic E-state index is -0.750. The van der Waals surface area contributed by atoms with Crippen LogP contribution in [0.2, 0.25) is 0 Å². The van der Waals surface area contributed by atoms with Crippen LogP contribution in [0.4, 0.5) is 0 Å². The molecule has 1 aliphatic heterocycles. The van der Waals surface area contributed by atoms with Crippen molar-refractivity contribution >= 4 is 22.6 Å². The van der Waals surface area contributed by atoms with E-state index in [4.69, 9.17) is 9.47 Å². The van der Waals surface area contributed by atoms with Gasteiger partial charge in [0.05, 0.1) is 0 Å². The lowest BCUT2D eigenvalue weighted by molar-refractivity contribution is -0.158. The van der Waals surface area contributed by atoms with E-state index in [1.165, 1.54) is 0 Å². The van der Waals surface area contributed by atoms with Crippen molar-refractivity contribution in [1.82, 2.24) is 0 Å². The van der Waals surface area contributed by atoms with Crippen LogP contribution in [0.15, 0.2) is 77.8 Å². The van der Waals surface area contributed by atoms with Crippen LogP contribution in [0.25, 0.3) is 10.8 Å². The fourth-order valence-electron chi connectivity index (χ4n) is 3.40. The summed E-state index contributed by atoms with van der Waals surface area (Å²) >= 11 is 0. The van der Waals surface area contributed by atoms with E-state index in [1.807, 2.05) is 81.4 Å². The van der Waals surface area contributed by atoms with Gasteiger partial charge in [-0.2, -0.15) is 0 Å². The number of nitrogens with zero attached hydrogens (tertiary/aromatic N) is 1. The summed E-state index contributed by atoms with van der Waals surface area (Å²) in [5, 5.41) is 2.15. The lowest BCUT2D eigenvalue weighted by Crippen LogP contribution is -2.33. The molecule has 0 radical (unpaired) electrons. The van der Waals surface area contributed by atoms with Crippen LogP contribution in [0.5, 0.6) is 0 Å².